The predicted octanol–water partition coefficient (Wildman–Crippen LogP) is 3.42. The highest BCUT2D eigenvalue weighted by Gasteiger charge is 2.09. The third-order valence-corrected chi connectivity index (χ3v) is 2.93. The van der Waals surface area contributed by atoms with Crippen LogP contribution < -0.4 is 5.32 Å². The van der Waals surface area contributed by atoms with Gasteiger partial charge in [0.2, 0.25) is 0 Å². The number of rotatable bonds is 6. The number of halogens is 1. The zero-order chi connectivity index (χ0) is 15.2. The van der Waals surface area contributed by atoms with Crippen LogP contribution >= 0.6 is 0 Å². The summed E-state index contributed by atoms with van der Waals surface area (Å²) in [6, 6.07) is 11.3. The Morgan fingerprint density at radius 1 is 1.10 bits per heavy atom. The molecule has 0 aliphatic carbocycles. The molecule has 0 heterocycles. The zero-order valence-corrected chi connectivity index (χ0v) is 11.1. The van der Waals surface area contributed by atoms with E-state index in [9.17, 15) is 19.3 Å². The van der Waals surface area contributed by atoms with Crippen LogP contribution in [0.4, 0.5) is 15.8 Å². The first-order valence-corrected chi connectivity index (χ1v) is 6.33. The molecule has 0 atom stereocenters. The molecule has 0 aromatic heterocycles. The van der Waals surface area contributed by atoms with Crippen molar-refractivity contribution in [3.63, 3.8) is 0 Å². The maximum atomic E-state index is 12.7. The third-order valence-electron chi connectivity index (χ3n) is 2.93. The summed E-state index contributed by atoms with van der Waals surface area (Å²) in [7, 11) is 0. The molecule has 2 aromatic carbocycles. The molecule has 2 aromatic rings. The Kier molecular flexibility index (Phi) is 4.61. The standard InChI is InChI=1S/C15H13FN2O3/c16-12-3-5-13(6-4-12)17-10-9-15(19)11-1-7-14(8-2-11)18(20)21/h1-8,17H,9-10H2. The summed E-state index contributed by atoms with van der Waals surface area (Å²) in [6.07, 6.45) is 0.245. The van der Waals surface area contributed by atoms with Gasteiger partial charge in [-0.3, -0.25) is 14.9 Å². The largest absolute Gasteiger partial charge is 0.385 e. The van der Waals surface area contributed by atoms with Gasteiger partial charge in [-0.25, -0.2) is 4.39 Å². The second-order valence-electron chi connectivity index (χ2n) is 4.41. The number of carbonyl (C=O) groups is 1. The van der Waals surface area contributed by atoms with Crippen LogP contribution in [0.3, 0.4) is 0 Å². The van der Waals surface area contributed by atoms with E-state index in [0.717, 1.165) is 5.69 Å². The van der Waals surface area contributed by atoms with Crippen molar-refractivity contribution in [2.45, 2.75) is 6.42 Å². The predicted molar refractivity (Wildman–Crippen MR) is 76.9 cm³/mol. The summed E-state index contributed by atoms with van der Waals surface area (Å²) in [5.74, 6) is -0.429. The van der Waals surface area contributed by atoms with Crippen LogP contribution in [0.1, 0.15) is 16.8 Å². The van der Waals surface area contributed by atoms with Gasteiger partial charge in [-0.2, -0.15) is 0 Å². The highest BCUT2D eigenvalue weighted by atomic mass is 19.1. The van der Waals surface area contributed by atoms with Crippen LogP contribution in [0.15, 0.2) is 48.5 Å². The SMILES string of the molecule is O=C(CCNc1ccc(F)cc1)c1ccc([N+](=O)[O-])cc1. The van der Waals surface area contributed by atoms with E-state index >= 15 is 0 Å². The van der Waals surface area contributed by atoms with Crippen molar-refractivity contribution in [3.8, 4) is 0 Å². The van der Waals surface area contributed by atoms with Crippen molar-refractivity contribution in [1.82, 2.24) is 0 Å². The molecule has 0 aliphatic rings. The summed E-state index contributed by atoms with van der Waals surface area (Å²) >= 11 is 0. The number of non-ortho nitro benzene ring substituents is 1. The number of hydrogen-bond donors (Lipinski definition) is 1. The van der Waals surface area contributed by atoms with E-state index in [-0.39, 0.29) is 23.7 Å². The van der Waals surface area contributed by atoms with Crippen molar-refractivity contribution in [2.75, 3.05) is 11.9 Å². The first kappa shape index (κ1) is 14.6. The number of nitro benzene ring substituents is 1. The number of hydrogen-bond acceptors (Lipinski definition) is 4. The van der Waals surface area contributed by atoms with E-state index in [2.05, 4.69) is 5.32 Å². The topological polar surface area (TPSA) is 72.2 Å². The van der Waals surface area contributed by atoms with Crippen molar-refractivity contribution < 1.29 is 14.1 Å². The normalized spacial score (nSPS) is 10.1. The molecule has 0 aliphatic heterocycles. The van der Waals surface area contributed by atoms with Gasteiger partial charge in [0.05, 0.1) is 4.92 Å². The molecule has 0 saturated heterocycles. The maximum absolute atomic E-state index is 12.7. The van der Waals surface area contributed by atoms with E-state index in [0.29, 0.717) is 12.1 Å². The van der Waals surface area contributed by atoms with Gasteiger partial charge in [-0.05, 0) is 36.4 Å². The van der Waals surface area contributed by atoms with E-state index < -0.39 is 4.92 Å². The Morgan fingerprint density at radius 3 is 2.29 bits per heavy atom. The monoisotopic (exact) mass is 288 g/mol. The van der Waals surface area contributed by atoms with Crippen LogP contribution in [-0.4, -0.2) is 17.3 Å². The van der Waals surface area contributed by atoms with Gasteiger partial charge in [-0.15, -0.1) is 0 Å². The van der Waals surface area contributed by atoms with Crippen LogP contribution in [0.5, 0.6) is 0 Å². The lowest BCUT2D eigenvalue weighted by Crippen LogP contribution is -2.08. The second kappa shape index (κ2) is 6.60. The lowest BCUT2D eigenvalue weighted by atomic mass is 10.1. The molecule has 0 unspecified atom stereocenters. The van der Waals surface area contributed by atoms with Gasteiger partial charge < -0.3 is 5.32 Å². The Morgan fingerprint density at radius 2 is 1.71 bits per heavy atom. The van der Waals surface area contributed by atoms with Crippen molar-refractivity contribution in [2.24, 2.45) is 0 Å². The zero-order valence-electron chi connectivity index (χ0n) is 11.1. The summed E-state index contributed by atoms with van der Waals surface area (Å²) < 4.78 is 12.7. The number of nitrogens with one attached hydrogen (secondary N) is 1. The first-order valence-electron chi connectivity index (χ1n) is 6.33. The molecule has 0 spiro atoms. The molecule has 0 bridgehead atoms. The fourth-order valence-electron chi connectivity index (χ4n) is 1.80. The minimum absolute atomic E-state index is 0.0454. The average molecular weight is 288 g/mol. The minimum Gasteiger partial charge on any atom is -0.385 e. The molecule has 1 N–H and O–H groups in total. The second-order valence-corrected chi connectivity index (χ2v) is 4.41. The quantitative estimate of drug-likeness (QED) is 0.502. The molecule has 0 fully saturated rings. The Balaban J connectivity index is 1.86. The van der Waals surface area contributed by atoms with E-state index in [1.54, 1.807) is 12.1 Å². The molecule has 108 valence electrons. The lowest BCUT2D eigenvalue weighted by Gasteiger charge is -2.05. The summed E-state index contributed by atoms with van der Waals surface area (Å²) in [5, 5.41) is 13.5. The molecule has 0 saturated carbocycles. The van der Waals surface area contributed by atoms with Crippen LogP contribution in [-0.2, 0) is 0 Å². The Labute approximate surface area is 120 Å². The fourth-order valence-corrected chi connectivity index (χ4v) is 1.80. The van der Waals surface area contributed by atoms with E-state index in [1.807, 2.05) is 0 Å². The number of ketones is 1. The Hall–Kier alpha value is -2.76. The van der Waals surface area contributed by atoms with Crippen molar-refractivity contribution in [3.05, 3.63) is 70.0 Å². The molecule has 0 radical (unpaired) electrons. The number of Topliss-reactive ketones (excluding diaryl/α,β-unsaturated/α-hetero) is 1. The smallest absolute Gasteiger partial charge is 0.269 e. The minimum atomic E-state index is -0.510. The van der Waals surface area contributed by atoms with Gasteiger partial charge in [0.1, 0.15) is 5.82 Å². The highest BCUT2D eigenvalue weighted by molar-refractivity contribution is 5.96. The van der Waals surface area contributed by atoms with Gasteiger partial charge in [0.25, 0.3) is 5.69 Å². The first-order chi connectivity index (χ1) is 10.1. The van der Waals surface area contributed by atoms with Crippen molar-refractivity contribution in [1.29, 1.82) is 0 Å². The van der Waals surface area contributed by atoms with Crippen LogP contribution in [0.2, 0.25) is 0 Å². The van der Waals surface area contributed by atoms with Gasteiger partial charge in [-0.1, -0.05) is 0 Å². The number of anilines is 1. The summed E-state index contributed by atoms with van der Waals surface area (Å²) in [5.41, 5.74) is 1.12. The van der Waals surface area contributed by atoms with E-state index in [1.165, 1.54) is 36.4 Å². The molecular weight excluding hydrogens is 275 g/mol. The highest BCUT2D eigenvalue weighted by Crippen LogP contribution is 2.13. The van der Waals surface area contributed by atoms with Gasteiger partial charge in [0, 0.05) is 36.3 Å². The van der Waals surface area contributed by atoms with Gasteiger partial charge in [0.15, 0.2) is 5.78 Å². The average Bonchev–Trinajstić information content (AvgIpc) is 2.49. The lowest BCUT2D eigenvalue weighted by molar-refractivity contribution is -0.384. The Bertz CT molecular complexity index is 639. The van der Waals surface area contributed by atoms with Crippen LogP contribution in [0.25, 0.3) is 0 Å². The number of nitro groups is 1. The maximum Gasteiger partial charge on any atom is 0.269 e. The number of carbonyl (C=O) groups excluding carboxylic acids is 1. The fraction of sp³-hybridized carbons (Fsp3) is 0.133. The molecule has 0 amide bonds. The summed E-state index contributed by atoms with van der Waals surface area (Å²) in [6.45, 7) is 0.404. The molecular formula is C15H13FN2O3. The van der Waals surface area contributed by atoms with E-state index in [4.69, 9.17) is 0 Å². The van der Waals surface area contributed by atoms with Crippen molar-refractivity contribution >= 4 is 17.2 Å². The summed E-state index contributed by atoms with van der Waals surface area (Å²) in [4.78, 5) is 21.9. The molecule has 21 heavy (non-hydrogen) atoms. The third kappa shape index (κ3) is 4.10. The number of nitrogens with zero attached hydrogens (tertiary/aromatic N) is 1. The van der Waals surface area contributed by atoms with Crippen LogP contribution in [0, 0.1) is 15.9 Å². The number of benzene rings is 2. The van der Waals surface area contributed by atoms with Gasteiger partial charge >= 0.3 is 0 Å². The molecule has 6 heteroatoms. The molecule has 2 rings (SSSR count). The molecule has 5 nitrogen and oxygen atoms in total.